The second-order valence-corrected chi connectivity index (χ2v) is 7.82. The van der Waals surface area contributed by atoms with Crippen LogP contribution in [0.1, 0.15) is 43.3 Å². The highest BCUT2D eigenvalue weighted by Gasteiger charge is 2.23. The van der Waals surface area contributed by atoms with Crippen LogP contribution in [0.2, 0.25) is 5.02 Å². The molecule has 0 N–H and O–H groups in total. The summed E-state index contributed by atoms with van der Waals surface area (Å²) in [4.78, 5) is 11.4. The Hall–Kier alpha value is -3.04. The fraction of sp³-hybridized carbons (Fsp3) is 0.318. The smallest absolute Gasteiger partial charge is 0.333 e. The number of rotatable bonds is 6. The number of esters is 1. The molecule has 0 spiro atoms. The molecule has 1 aromatic carbocycles. The first kappa shape index (κ1) is 22.3. The summed E-state index contributed by atoms with van der Waals surface area (Å²) in [5.74, 6) is -0.453. The van der Waals surface area contributed by atoms with E-state index in [1.165, 1.54) is 4.68 Å². The van der Waals surface area contributed by atoms with Crippen molar-refractivity contribution in [3.63, 3.8) is 0 Å². The standard InChI is InChI=1S/C22H24ClN3O3/c1-7-18(27)28-13-29-21(20-19(23)14(2)25-26(20)6)17(12-24)15-8-10-16(11-9-15)22(3,4)5/h7-11H,1,13H2,2-6H3/b21-17-. The Kier molecular flexibility index (Phi) is 6.89. The number of nitrogens with zero attached hydrogens (tertiary/aromatic N) is 3. The Morgan fingerprint density at radius 2 is 1.93 bits per heavy atom. The molecule has 0 fully saturated rings. The van der Waals surface area contributed by atoms with E-state index in [1.807, 2.05) is 24.3 Å². The van der Waals surface area contributed by atoms with Gasteiger partial charge in [-0.05, 0) is 23.5 Å². The van der Waals surface area contributed by atoms with Gasteiger partial charge in [0.15, 0.2) is 5.76 Å². The number of ether oxygens (including phenoxy) is 2. The third-order valence-corrected chi connectivity index (χ3v) is 4.77. The van der Waals surface area contributed by atoms with Gasteiger partial charge in [-0.3, -0.25) is 4.68 Å². The van der Waals surface area contributed by atoms with Gasteiger partial charge in [0, 0.05) is 13.1 Å². The minimum atomic E-state index is -0.635. The van der Waals surface area contributed by atoms with Gasteiger partial charge in [0.25, 0.3) is 0 Å². The van der Waals surface area contributed by atoms with Gasteiger partial charge in [-0.25, -0.2) is 4.79 Å². The van der Waals surface area contributed by atoms with Crippen LogP contribution in [0.4, 0.5) is 0 Å². The summed E-state index contributed by atoms with van der Waals surface area (Å²) in [5.41, 5.74) is 3.04. The van der Waals surface area contributed by atoms with E-state index < -0.39 is 12.8 Å². The number of allylic oxidation sites excluding steroid dienone is 1. The highest BCUT2D eigenvalue weighted by molar-refractivity contribution is 6.33. The van der Waals surface area contributed by atoms with Crippen LogP contribution in [-0.2, 0) is 26.7 Å². The molecule has 0 aliphatic heterocycles. The van der Waals surface area contributed by atoms with E-state index in [0.717, 1.165) is 11.6 Å². The summed E-state index contributed by atoms with van der Waals surface area (Å²) in [6.45, 7) is 11.0. The Labute approximate surface area is 176 Å². The molecule has 0 aliphatic carbocycles. The lowest BCUT2D eigenvalue weighted by Gasteiger charge is -2.19. The molecule has 0 saturated carbocycles. The maximum absolute atomic E-state index is 11.4. The van der Waals surface area contributed by atoms with Crippen LogP contribution in [0.3, 0.4) is 0 Å². The molecule has 152 valence electrons. The molecule has 1 heterocycles. The average molecular weight is 414 g/mol. The highest BCUT2D eigenvalue weighted by atomic mass is 35.5. The number of carbonyl (C=O) groups is 1. The molecule has 6 nitrogen and oxygen atoms in total. The van der Waals surface area contributed by atoms with Crippen LogP contribution >= 0.6 is 11.6 Å². The Bertz CT molecular complexity index is 990. The van der Waals surface area contributed by atoms with Crippen molar-refractivity contribution in [2.24, 2.45) is 7.05 Å². The topological polar surface area (TPSA) is 77.1 Å². The molecular weight excluding hydrogens is 390 g/mol. The number of hydrogen-bond acceptors (Lipinski definition) is 5. The van der Waals surface area contributed by atoms with Crippen molar-refractivity contribution >= 4 is 28.9 Å². The maximum atomic E-state index is 11.4. The molecule has 0 unspecified atom stereocenters. The molecular formula is C22H24ClN3O3. The third-order valence-electron chi connectivity index (χ3n) is 4.31. The van der Waals surface area contributed by atoms with Crippen molar-refractivity contribution in [3.8, 4) is 6.07 Å². The average Bonchev–Trinajstić information content (AvgIpc) is 2.92. The maximum Gasteiger partial charge on any atom is 0.333 e. The lowest BCUT2D eigenvalue weighted by atomic mass is 9.86. The van der Waals surface area contributed by atoms with Crippen molar-refractivity contribution in [1.29, 1.82) is 5.26 Å². The Morgan fingerprint density at radius 1 is 1.31 bits per heavy atom. The highest BCUT2D eigenvalue weighted by Crippen LogP contribution is 2.34. The van der Waals surface area contributed by atoms with Crippen molar-refractivity contribution in [2.75, 3.05) is 6.79 Å². The zero-order valence-corrected chi connectivity index (χ0v) is 18.0. The zero-order valence-electron chi connectivity index (χ0n) is 17.2. The number of nitriles is 1. The minimum absolute atomic E-state index is 0.0181. The summed E-state index contributed by atoms with van der Waals surface area (Å²) in [5, 5.41) is 14.5. The van der Waals surface area contributed by atoms with E-state index in [4.69, 9.17) is 21.1 Å². The van der Waals surface area contributed by atoms with E-state index in [1.54, 1.807) is 14.0 Å². The van der Waals surface area contributed by atoms with Crippen LogP contribution in [0.15, 0.2) is 36.9 Å². The van der Waals surface area contributed by atoms with Gasteiger partial charge in [0.05, 0.1) is 10.7 Å². The fourth-order valence-corrected chi connectivity index (χ4v) is 2.97. The van der Waals surface area contributed by atoms with E-state index in [-0.39, 0.29) is 16.7 Å². The molecule has 2 rings (SSSR count). The second kappa shape index (κ2) is 8.97. The van der Waals surface area contributed by atoms with Gasteiger partial charge in [-0.2, -0.15) is 10.4 Å². The zero-order chi connectivity index (χ0) is 21.8. The number of benzene rings is 1. The first-order valence-electron chi connectivity index (χ1n) is 8.97. The molecule has 0 atom stereocenters. The quantitative estimate of drug-likeness (QED) is 0.224. The molecule has 1 aromatic heterocycles. The van der Waals surface area contributed by atoms with Crippen molar-refractivity contribution in [3.05, 3.63) is 64.5 Å². The number of aromatic nitrogens is 2. The minimum Gasteiger partial charge on any atom is -0.454 e. The lowest BCUT2D eigenvalue weighted by Crippen LogP contribution is -2.11. The molecule has 0 bridgehead atoms. The van der Waals surface area contributed by atoms with Crippen LogP contribution in [0.25, 0.3) is 11.3 Å². The SMILES string of the molecule is C=CC(=O)OCO/C(=C(/C#N)c1ccc(C(C)(C)C)cc1)c1c(Cl)c(C)nn1C. The van der Waals surface area contributed by atoms with Crippen molar-refractivity contribution in [1.82, 2.24) is 9.78 Å². The monoisotopic (exact) mass is 413 g/mol. The summed E-state index contributed by atoms with van der Waals surface area (Å²) in [7, 11) is 1.70. The van der Waals surface area contributed by atoms with Gasteiger partial charge in [0.1, 0.15) is 17.3 Å². The van der Waals surface area contributed by atoms with E-state index in [9.17, 15) is 10.1 Å². The molecule has 0 radical (unpaired) electrons. The van der Waals surface area contributed by atoms with E-state index >= 15 is 0 Å². The number of carbonyl (C=O) groups excluding carboxylic acids is 1. The molecule has 7 heteroatoms. The number of halogens is 1. The summed E-state index contributed by atoms with van der Waals surface area (Å²) in [6.07, 6.45) is 1.03. The fourth-order valence-electron chi connectivity index (χ4n) is 2.73. The Morgan fingerprint density at radius 3 is 2.38 bits per heavy atom. The predicted molar refractivity (Wildman–Crippen MR) is 113 cm³/mol. The predicted octanol–water partition coefficient (Wildman–Crippen LogP) is 4.77. The van der Waals surface area contributed by atoms with Crippen LogP contribution < -0.4 is 0 Å². The number of aryl methyl sites for hydroxylation is 2. The first-order chi connectivity index (χ1) is 13.6. The van der Waals surface area contributed by atoms with Gasteiger partial charge >= 0.3 is 5.97 Å². The van der Waals surface area contributed by atoms with E-state index in [0.29, 0.717) is 22.0 Å². The van der Waals surface area contributed by atoms with Crippen molar-refractivity contribution in [2.45, 2.75) is 33.1 Å². The van der Waals surface area contributed by atoms with E-state index in [2.05, 4.69) is 38.5 Å². The lowest BCUT2D eigenvalue weighted by molar-refractivity contribution is -0.145. The summed E-state index contributed by atoms with van der Waals surface area (Å²) < 4.78 is 12.2. The van der Waals surface area contributed by atoms with Crippen LogP contribution in [0, 0.1) is 18.3 Å². The third kappa shape index (κ3) is 5.07. The second-order valence-electron chi connectivity index (χ2n) is 7.44. The van der Waals surface area contributed by atoms with Gasteiger partial charge in [-0.1, -0.05) is 63.2 Å². The molecule has 0 amide bonds. The molecule has 29 heavy (non-hydrogen) atoms. The van der Waals surface area contributed by atoms with Gasteiger partial charge in [-0.15, -0.1) is 0 Å². The summed E-state index contributed by atoms with van der Waals surface area (Å²) >= 11 is 6.42. The van der Waals surface area contributed by atoms with Gasteiger partial charge < -0.3 is 9.47 Å². The molecule has 2 aromatic rings. The normalized spacial score (nSPS) is 12.0. The summed E-state index contributed by atoms with van der Waals surface area (Å²) in [6, 6.07) is 9.84. The Balaban J connectivity index is 2.58. The van der Waals surface area contributed by atoms with Gasteiger partial charge in [0.2, 0.25) is 6.79 Å². The van der Waals surface area contributed by atoms with Crippen LogP contribution in [0.5, 0.6) is 0 Å². The number of hydrogen-bond donors (Lipinski definition) is 0. The molecule has 0 saturated heterocycles. The molecule has 0 aliphatic rings. The van der Waals surface area contributed by atoms with Crippen LogP contribution in [-0.4, -0.2) is 22.5 Å². The first-order valence-corrected chi connectivity index (χ1v) is 9.34. The van der Waals surface area contributed by atoms with Crippen molar-refractivity contribution < 1.29 is 14.3 Å². The largest absolute Gasteiger partial charge is 0.454 e.